The van der Waals surface area contributed by atoms with E-state index in [1.54, 1.807) is 0 Å². The Balaban J connectivity index is 1.92. The van der Waals surface area contributed by atoms with Gasteiger partial charge >= 0.3 is 0 Å². The average Bonchev–Trinajstić information content (AvgIpc) is 3.06. The lowest BCUT2D eigenvalue weighted by atomic mass is 9.99. The zero-order valence-electron chi connectivity index (χ0n) is 12.4. The van der Waals surface area contributed by atoms with Gasteiger partial charge in [-0.3, -0.25) is 0 Å². The summed E-state index contributed by atoms with van der Waals surface area (Å²) in [6.45, 7) is 6.04. The summed E-state index contributed by atoms with van der Waals surface area (Å²) in [5.74, 6) is 1.05. The van der Waals surface area contributed by atoms with Crippen molar-refractivity contribution in [1.82, 2.24) is 5.32 Å². The highest BCUT2D eigenvalue weighted by atomic mass is 35.5. The van der Waals surface area contributed by atoms with Crippen LogP contribution in [-0.2, 0) is 12.8 Å². The van der Waals surface area contributed by atoms with Crippen molar-refractivity contribution in [3.05, 3.63) is 50.2 Å². The molecule has 1 atom stereocenters. The average molecular weight is 322 g/mol. The summed E-state index contributed by atoms with van der Waals surface area (Å²) in [6.07, 6.45) is 1.88. The normalized spacial score (nSPS) is 14.8. The van der Waals surface area contributed by atoms with Crippen LogP contribution < -0.4 is 10.1 Å². The standard InChI is InChI=1S/C17H20ClNOS/c1-3-19-15(17-11(2)5-7-21-17)10-13-9-14(18)8-12-4-6-20-16(12)13/h5,7-9,15,19H,3-4,6,10H2,1-2H3. The lowest BCUT2D eigenvalue weighted by molar-refractivity contribution is 0.351. The SMILES string of the molecule is CCNC(Cc1cc(Cl)cc2c1OCC2)c1sccc1C. The Bertz CT molecular complexity index is 638. The first-order valence-electron chi connectivity index (χ1n) is 7.40. The molecule has 0 aliphatic carbocycles. The summed E-state index contributed by atoms with van der Waals surface area (Å²) in [7, 11) is 0. The predicted molar refractivity (Wildman–Crippen MR) is 89.8 cm³/mol. The van der Waals surface area contributed by atoms with Gasteiger partial charge in [-0.05, 0) is 60.2 Å². The molecule has 2 nitrogen and oxygen atoms in total. The van der Waals surface area contributed by atoms with E-state index in [0.29, 0.717) is 6.04 Å². The number of benzene rings is 1. The summed E-state index contributed by atoms with van der Waals surface area (Å²) < 4.78 is 5.83. The van der Waals surface area contributed by atoms with E-state index in [1.165, 1.54) is 21.6 Å². The smallest absolute Gasteiger partial charge is 0.125 e. The summed E-state index contributed by atoms with van der Waals surface area (Å²) in [5.41, 5.74) is 3.81. The minimum atomic E-state index is 0.321. The molecule has 0 bridgehead atoms. The van der Waals surface area contributed by atoms with E-state index in [0.717, 1.165) is 36.8 Å². The zero-order valence-corrected chi connectivity index (χ0v) is 14.0. The number of likely N-dealkylation sites (N-methyl/N-ethyl adjacent to an activating group) is 1. The van der Waals surface area contributed by atoms with Crippen LogP contribution >= 0.6 is 22.9 Å². The van der Waals surface area contributed by atoms with Gasteiger partial charge in [0.2, 0.25) is 0 Å². The van der Waals surface area contributed by atoms with Gasteiger partial charge < -0.3 is 10.1 Å². The highest BCUT2D eigenvalue weighted by Crippen LogP contribution is 2.36. The number of hydrogen-bond donors (Lipinski definition) is 1. The van der Waals surface area contributed by atoms with Gasteiger partial charge in [-0.2, -0.15) is 0 Å². The molecule has 2 aromatic rings. The maximum Gasteiger partial charge on any atom is 0.125 e. The van der Waals surface area contributed by atoms with Gasteiger partial charge in [0, 0.05) is 22.4 Å². The second-order valence-corrected chi connectivity index (χ2v) is 6.82. The monoisotopic (exact) mass is 321 g/mol. The number of rotatable bonds is 5. The molecule has 112 valence electrons. The molecule has 0 radical (unpaired) electrons. The van der Waals surface area contributed by atoms with Gasteiger partial charge in [0.15, 0.2) is 0 Å². The maximum absolute atomic E-state index is 6.27. The van der Waals surface area contributed by atoms with Gasteiger partial charge in [-0.25, -0.2) is 0 Å². The molecule has 1 aromatic carbocycles. The van der Waals surface area contributed by atoms with E-state index >= 15 is 0 Å². The predicted octanol–water partition coefficient (Wildman–Crippen LogP) is 4.54. The summed E-state index contributed by atoms with van der Waals surface area (Å²) in [6, 6.07) is 6.59. The second-order valence-electron chi connectivity index (χ2n) is 5.43. The molecular weight excluding hydrogens is 302 g/mol. The molecule has 0 fully saturated rings. The van der Waals surface area contributed by atoms with Crippen molar-refractivity contribution in [3.63, 3.8) is 0 Å². The summed E-state index contributed by atoms with van der Waals surface area (Å²) in [5, 5.41) is 6.57. The molecule has 1 unspecified atom stereocenters. The third-order valence-electron chi connectivity index (χ3n) is 3.92. The van der Waals surface area contributed by atoms with Crippen LogP contribution in [-0.4, -0.2) is 13.2 Å². The third kappa shape index (κ3) is 3.10. The number of aryl methyl sites for hydroxylation is 1. The quantitative estimate of drug-likeness (QED) is 0.873. The minimum absolute atomic E-state index is 0.321. The first-order valence-corrected chi connectivity index (χ1v) is 8.66. The van der Waals surface area contributed by atoms with Crippen molar-refractivity contribution in [1.29, 1.82) is 0 Å². The van der Waals surface area contributed by atoms with Crippen LogP contribution in [0, 0.1) is 6.92 Å². The van der Waals surface area contributed by atoms with Crippen molar-refractivity contribution in [2.75, 3.05) is 13.2 Å². The molecule has 1 aliphatic rings. The third-order valence-corrected chi connectivity index (χ3v) is 5.27. The molecule has 1 aliphatic heterocycles. The van der Waals surface area contributed by atoms with E-state index in [4.69, 9.17) is 16.3 Å². The van der Waals surface area contributed by atoms with Crippen molar-refractivity contribution in [2.45, 2.75) is 32.7 Å². The van der Waals surface area contributed by atoms with Crippen molar-refractivity contribution >= 4 is 22.9 Å². The summed E-state index contributed by atoms with van der Waals surface area (Å²) >= 11 is 8.09. The van der Waals surface area contributed by atoms with Crippen molar-refractivity contribution in [2.24, 2.45) is 0 Å². The fraction of sp³-hybridized carbons (Fsp3) is 0.412. The van der Waals surface area contributed by atoms with Crippen LogP contribution in [0.3, 0.4) is 0 Å². The zero-order chi connectivity index (χ0) is 14.8. The highest BCUT2D eigenvalue weighted by Gasteiger charge is 2.22. The fourth-order valence-corrected chi connectivity index (χ4v) is 4.23. The lowest BCUT2D eigenvalue weighted by Gasteiger charge is -2.19. The highest BCUT2D eigenvalue weighted by molar-refractivity contribution is 7.10. The molecule has 1 N–H and O–H groups in total. The van der Waals surface area contributed by atoms with Gasteiger partial charge in [-0.1, -0.05) is 18.5 Å². The molecule has 0 saturated heterocycles. The molecule has 0 saturated carbocycles. The first-order chi connectivity index (χ1) is 10.2. The number of halogens is 1. The Morgan fingerprint density at radius 1 is 1.43 bits per heavy atom. The number of fused-ring (bicyclic) bond motifs is 1. The van der Waals surface area contributed by atoms with Crippen LogP contribution in [0.5, 0.6) is 5.75 Å². The molecule has 0 amide bonds. The second kappa shape index (κ2) is 6.39. The van der Waals surface area contributed by atoms with E-state index in [2.05, 4.69) is 36.7 Å². The molecule has 0 spiro atoms. The Labute approximate surface area is 135 Å². The summed E-state index contributed by atoms with van der Waals surface area (Å²) in [4.78, 5) is 1.41. The Morgan fingerprint density at radius 2 is 2.29 bits per heavy atom. The van der Waals surface area contributed by atoms with Crippen molar-refractivity contribution in [3.8, 4) is 5.75 Å². The van der Waals surface area contributed by atoms with Crippen LogP contribution in [0.25, 0.3) is 0 Å². The number of ether oxygens (including phenoxy) is 1. The Kier molecular flexibility index (Phi) is 4.53. The van der Waals surface area contributed by atoms with Gasteiger partial charge in [0.25, 0.3) is 0 Å². The number of nitrogens with one attached hydrogen (secondary N) is 1. The molecule has 1 aromatic heterocycles. The number of hydrogen-bond acceptors (Lipinski definition) is 3. The Morgan fingerprint density at radius 3 is 3.00 bits per heavy atom. The van der Waals surface area contributed by atoms with E-state index in [1.807, 2.05) is 17.4 Å². The van der Waals surface area contributed by atoms with E-state index in [9.17, 15) is 0 Å². The van der Waals surface area contributed by atoms with Crippen LogP contribution in [0.4, 0.5) is 0 Å². The molecule has 2 heterocycles. The molecule has 3 rings (SSSR count). The van der Waals surface area contributed by atoms with Gasteiger partial charge in [0.1, 0.15) is 5.75 Å². The minimum Gasteiger partial charge on any atom is -0.493 e. The van der Waals surface area contributed by atoms with E-state index in [-0.39, 0.29) is 0 Å². The Hall–Kier alpha value is -1.03. The van der Waals surface area contributed by atoms with E-state index < -0.39 is 0 Å². The van der Waals surface area contributed by atoms with Crippen LogP contribution in [0.2, 0.25) is 5.02 Å². The van der Waals surface area contributed by atoms with Crippen LogP contribution in [0.1, 0.15) is 34.5 Å². The van der Waals surface area contributed by atoms with Gasteiger partial charge in [0.05, 0.1) is 6.61 Å². The first kappa shape index (κ1) is 14.9. The fourth-order valence-electron chi connectivity index (χ4n) is 2.96. The number of thiophene rings is 1. The van der Waals surface area contributed by atoms with Crippen molar-refractivity contribution < 1.29 is 4.74 Å². The molecule has 21 heavy (non-hydrogen) atoms. The van der Waals surface area contributed by atoms with Crippen LogP contribution in [0.15, 0.2) is 23.6 Å². The van der Waals surface area contributed by atoms with Gasteiger partial charge in [-0.15, -0.1) is 11.3 Å². The lowest BCUT2D eigenvalue weighted by Crippen LogP contribution is -2.23. The largest absolute Gasteiger partial charge is 0.493 e. The molecule has 4 heteroatoms. The maximum atomic E-state index is 6.27. The molecular formula is C17H20ClNOS. The topological polar surface area (TPSA) is 21.3 Å².